The van der Waals surface area contributed by atoms with Crippen molar-refractivity contribution in [3.63, 3.8) is 0 Å². The van der Waals surface area contributed by atoms with Crippen LogP contribution in [0.3, 0.4) is 0 Å². The third-order valence-electron chi connectivity index (χ3n) is 5.09. The number of rotatable bonds is 5. The van der Waals surface area contributed by atoms with Crippen molar-refractivity contribution in [2.45, 2.75) is 31.7 Å². The number of alkyl halides is 5. The average Bonchev–Trinajstić information content (AvgIpc) is 3.24. The minimum atomic E-state index is -4.71. The summed E-state index contributed by atoms with van der Waals surface area (Å²) in [5.41, 5.74) is -0.687. The zero-order valence-electron chi connectivity index (χ0n) is 17.8. The highest BCUT2D eigenvalue weighted by molar-refractivity contribution is 5.81. The monoisotopic (exact) mass is 488 g/mol. The predicted octanol–water partition coefficient (Wildman–Crippen LogP) is 3.62. The van der Waals surface area contributed by atoms with Gasteiger partial charge in [-0.15, -0.1) is 10.2 Å². The number of likely N-dealkylation sites (tertiary alicyclic amines) is 1. The molecule has 9 nitrogen and oxygen atoms in total. The molecule has 0 amide bonds. The molecule has 0 aliphatic carbocycles. The Hall–Kier alpha value is -3.55. The number of hydrogen-bond donors (Lipinski definition) is 2. The first-order valence-corrected chi connectivity index (χ1v) is 10.0. The van der Waals surface area contributed by atoms with Crippen molar-refractivity contribution in [2.75, 3.05) is 25.5 Å². The lowest BCUT2D eigenvalue weighted by molar-refractivity contribution is -0.138. The number of likely N-dealkylation sites (N-methyl/N-ethyl adjacent to an activating group) is 1. The maximum Gasteiger partial charge on any atom is 0.416 e. The van der Waals surface area contributed by atoms with E-state index in [0.717, 1.165) is 38.1 Å². The molecular formula is C20H21F5N6O3. The molecule has 1 fully saturated rings. The van der Waals surface area contributed by atoms with Gasteiger partial charge in [0.2, 0.25) is 5.95 Å². The van der Waals surface area contributed by atoms with Crippen molar-refractivity contribution in [1.29, 1.82) is 0 Å². The smallest absolute Gasteiger partial charge is 0.416 e. The number of imidazole rings is 1. The summed E-state index contributed by atoms with van der Waals surface area (Å²) >= 11 is 0. The average molecular weight is 488 g/mol. The molecule has 1 saturated heterocycles. The Morgan fingerprint density at radius 2 is 2.03 bits per heavy atom. The second-order valence-corrected chi connectivity index (χ2v) is 7.46. The molecule has 2 aromatic heterocycles. The molecule has 3 aromatic rings. The predicted molar refractivity (Wildman–Crippen MR) is 111 cm³/mol. The minimum absolute atomic E-state index is 0.0461. The summed E-state index contributed by atoms with van der Waals surface area (Å²) in [6, 6.07) is 2.49. The fraction of sp³-hybridized carbons (Fsp3) is 0.400. The van der Waals surface area contributed by atoms with Gasteiger partial charge in [0.05, 0.1) is 17.3 Å². The summed E-state index contributed by atoms with van der Waals surface area (Å²) in [6.45, 7) is -1.74. The Balaban J connectivity index is 0.00000103. The van der Waals surface area contributed by atoms with Crippen molar-refractivity contribution in [3.8, 4) is 17.0 Å². The van der Waals surface area contributed by atoms with E-state index < -0.39 is 24.1 Å². The number of nitrogens with one attached hydrogen (secondary N) is 1. The van der Waals surface area contributed by atoms with Crippen LogP contribution in [0, 0.1) is 0 Å². The minimum Gasteiger partial charge on any atom is -0.483 e. The summed E-state index contributed by atoms with van der Waals surface area (Å²) in [7, 11) is 2.02. The largest absolute Gasteiger partial charge is 0.483 e. The summed E-state index contributed by atoms with van der Waals surface area (Å²) in [5, 5.41) is 18.4. The number of ether oxygens (including phenoxy) is 1. The number of piperidine rings is 1. The number of anilines is 1. The molecule has 2 N–H and O–H groups in total. The van der Waals surface area contributed by atoms with E-state index >= 15 is 0 Å². The first-order chi connectivity index (χ1) is 16.1. The van der Waals surface area contributed by atoms with Gasteiger partial charge >= 0.3 is 12.8 Å². The van der Waals surface area contributed by atoms with Crippen LogP contribution < -0.4 is 10.1 Å². The Morgan fingerprint density at radius 3 is 2.68 bits per heavy atom. The molecule has 1 aliphatic rings. The molecule has 0 saturated carbocycles. The van der Waals surface area contributed by atoms with Gasteiger partial charge in [0, 0.05) is 18.2 Å². The lowest BCUT2D eigenvalue weighted by atomic mass is 10.1. The molecule has 4 rings (SSSR count). The fourth-order valence-electron chi connectivity index (χ4n) is 3.68. The zero-order valence-corrected chi connectivity index (χ0v) is 17.8. The van der Waals surface area contributed by atoms with Gasteiger partial charge < -0.3 is 20.1 Å². The van der Waals surface area contributed by atoms with Gasteiger partial charge in [0.1, 0.15) is 17.8 Å². The number of benzene rings is 1. The van der Waals surface area contributed by atoms with Crippen molar-refractivity contribution in [1.82, 2.24) is 24.5 Å². The summed E-state index contributed by atoms with van der Waals surface area (Å²) in [6.07, 6.45) is 0.158. The molecule has 1 atom stereocenters. The lowest BCUT2D eigenvalue weighted by Crippen LogP contribution is -2.40. The highest BCUT2D eigenvalue weighted by Crippen LogP contribution is 2.38. The number of carboxylic acid groups (broad SMARTS) is 1. The molecule has 34 heavy (non-hydrogen) atoms. The Labute approximate surface area is 190 Å². The van der Waals surface area contributed by atoms with Crippen LogP contribution in [0.5, 0.6) is 5.75 Å². The van der Waals surface area contributed by atoms with Crippen LogP contribution >= 0.6 is 0 Å². The first kappa shape index (κ1) is 25.1. The molecule has 0 radical (unpaired) electrons. The molecule has 0 unspecified atom stereocenters. The molecule has 3 heterocycles. The van der Waals surface area contributed by atoms with Crippen LogP contribution in [-0.2, 0) is 11.0 Å². The normalized spacial score (nSPS) is 16.7. The Bertz CT molecular complexity index is 1120. The van der Waals surface area contributed by atoms with E-state index in [1.807, 2.05) is 7.05 Å². The molecule has 1 aromatic carbocycles. The maximum atomic E-state index is 13.0. The second-order valence-electron chi connectivity index (χ2n) is 7.46. The van der Waals surface area contributed by atoms with E-state index in [1.54, 1.807) is 4.40 Å². The van der Waals surface area contributed by atoms with Crippen LogP contribution in [0.15, 0.2) is 30.7 Å². The Morgan fingerprint density at radius 1 is 1.29 bits per heavy atom. The van der Waals surface area contributed by atoms with Gasteiger partial charge in [-0.3, -0.25) is 9.20 Å². The third kappa shape index (κ3) is 5.87. The van der Waals surface area contributed by atoms with Crippen molar-refractivity contribution in [2.24, 2.45) is 0 Å². The summed E-state index contributed by atoms with van der Waals surface area (Å²) in [5.74, 6) is -0.239. The maximum absolute atomic E-state index is 13.0. The van der Waals surface area contributed by atoms with Gasteiger partial charge in [-0.25, -0.2) is 4.98 Å². The third-order valence-corrected chi connectivity index (χ3v) is 5.09. The molecule has 184 valence electrons. The van der Waals surface area contributed by atoms with Crippen molar-refractivity contribution >= 4 is 17.9 Å². The lowest BCUT2D eigenvalue weighted by Gasteiger charge is -2.30. The van der Waals surface area contributed by atoms with Gasteiger partial charge in [-0.05, 0) is 44.6 Å². The number of halogens is 5. The molecular weight excluding hydrogens is 467 g/mol. The van der Waals surface area contributed by atoms with Gasteiger partial charge in [0.25, 0.3) is 6.47 Å². The molecule has 0 bridgehead atoms. The molecule has 14 heteroatoms. The standard InChI is InChI=1S/C19H19F5N6O.CH2O2/c1-29-6-2-3-12(9-29)26-18-28-27-16(14-8-25-10-30(14)18)13-5-4-11(19(22,23)24)7-15(13)31-17(20)21;2-1-3/h4-5,7-8,10,12,17H,2-3,6,9H2,1H3,(H,26,28);1H,(H,2,3)/t12-;/m1./s1. The van der Waals surface area contributed by atoms with E-state index in [0.29, 0.717) is 17.5 Å². The van der Waals surface area contributed by atoms with E-state index in [-0.39, 0.29) is 23.8 Å². The SMILES string of the molecule is CN1CCC[C@@H](Nc2nnc(-c3ccc(C(F)(F)F)cc3OC(F)F)c3cncn23)C1.O=CO. The van der Waals surface area contributed by atoms with E-state index in [2.05, 4.69) is 30.1 Å². The quantitative estimate of drug-likeness (QED) is 0.415. The van der Waals surface area contributed by atoms with Gasteiger partial charge in [-0.1, -0.05) is 0 Å². The molecule has 1 aliphatic heterocycles. The number of aromatic nitrogens is 4. The van der Waals surface area contributed by atoms with Crippen LogP contribution in [0.1, 0.15) is 18.4 Å². The van der Waals surface area contributed by atoms with Crippen LogP contribution in [0.4, 0.5) is 27.9 Å². The van der Waals surface area contributed by atoms with Crippen LogP contribution in [0.25, 0.3) is 16.8 Å². The second kappa shape index (κ2) is 10.6. The van der Waals surface area contributed by atoms with Crippen molar-refractivity contribution < 1.29 is 36.6 Å². The Kier molecular flexibility index (Phi) is 7.81. The highest BCUT2D eigenvalue weighted by atomic mass is 19.4. The number of hydrogen-bond acceptors (Lipinski definition) is 7. The van der Waals surface area contributed by atoms with E-state index in [9.17, 15) is 22.0 Å². The topological polar surface area (TPSA) is 105 Å². The number of nitrogens with zero attached hydrogens (tertiary/aromatic N) is 5. The highest BCUT2D eigenvalue weighted by Gasteiger charge is 2.32. The van der Waals surface area contributed by atoms with Crippen LogP contribution in [0.2, 0.25) is 0 Å². The van der Waals surface area contributed by atoms with E-state index in [4.69, 9.17) is 9.90 Å². The molecule has 0 spiro atoms. The number of carbonyl (C=O) groups is 1. The zero-order chi connectivity index (χ0) is 24.9. The van der Waals surface area contributed by atoms with E-state index in [1.165, 1.54) is 12.5 Å². The first-order valence-electron chi connectivity index (χ1n) is 10.0. The number of fused-ring (bicyclic) bond motifs is 1. The fourth-order valence-corrected chi connectivity index (χ4v) is 3.68. The van der Waals surface area contributed by atoms with Crippen LogP contribution in [-0.4, -0.2) is 68.9 Å². The van der Waals surface area contributed by atoms with Gasteiger partial charge in [-0.2, -0.15) is 22.0 Å². The van der Waals surface area contributed by atoms with Crippen molar-refractivity contribution in [3.05, 3.63) is 36.3 Å². The summed E-state index contributed by atoms with van der Waals surface area (Å²) < 4.78 is 70.9. The van der Waals surface area contributed by atoms with Gasteiger partial charge in [0.15, 0.2) is 0 Å². The summed E-state index contributed by atoms with van der Waals surface area (Å²) in [4.78, 5) is 14.6.